The van der Waals surface area contributed by atoms with Crippen LogP contribution < -0.4 is 5.32 Å². The largest absolute Gasteiger partial charge is 0.329 e. The Morgan fingerprint density at radius 3 is 2.94 bits per heavy atom. The molecule has 3 heterocycles. The van der Waals surface area contributed by atoms with E-state index >= 15 is 0 Å². The predicted molar refractivity (Wildman–Crippen MR) is 64.5 cm³/mol. The fraction of sp³-hybridized carbons (Fsp3) is 0.769. The topological polar surface area (TPSA) is 29.9 Å². The van der Waals surface area contributed by atoms with Crippen molar-refractivity contribution in [3.63, 3.8) is 0 Å². The molecule has 1 aromatic heterocycles. The Kier molecular flexibility index (Phi) is 2.72. The standard InChI is InChI=1S/C13H21N3/c1-10-15-9-12-3-2-4-13(16(10)12)11-5-7-14-8-6-11/h9,11,13-14H,2-8H2,1H3. The van der Waals surface area contributed by atoms with Crippen molar-refractivity contribution < 1.29 is 0 Å². The first-order chi connectivity index (χ1) is 7.86. The van der Waals surface area contributed by atoms with Gasteiger partial charge in [-0.3, -0.25) is 0 Å². The molecule has 1 atom stereocenters. The molecule has 1 fully saturated rings. The molecule has 0 aromatic carbocycles. The number of hydrogen-bond acceptors (Lipinski definition) is 2. The Morgan fingerprint density at radius 2 is 2.12 bits per heavy atom. The van der Waals surface area contributed by atoms with E-state index in [0.717, 1.165) is 12.0 Å². The lowest BCUT2D eigenvalue weighted by Gasteiger charge is -2.36. The van der Waals surface area contributed by atoms with Gasteiger partial charge in [-0.1, -0.05) is 0 Å². The minimum absolute atomic E-state index is 0.730. The lowest BCUT2D eigenvalue weighted by atomic mass is 9.85. The third kappa shape index (κ3) is 1.67. The first-order valence-electron chi connectivity index (χ1n) is 6.59. The van der Waals surface area contributed by atoms with Gasteiger partial charge in [-0.15, -0.1) is 0 Å². The van der Waals surface area contributed by atoms with Crippen LogP contribution in [0.2, 0.25) is 0 Å². The Labute approximate surface area is 97.3 Å². The summed E-state index contributed by atoms with van der Waals surface area (Å²) in [4.78, 5) is 4.49. The third-order valence-electron chi connectivity index (χ3n) is 4.25. The molecule has 3 rings (SSSR count). The molecule has 88 valence electrons. The number of nitrogens with one attached hydrogen (secondary N) is 1. The zero-order valence-electron chi connectivity index (χ0n) is 10.1. The molecule has 2 aliphatic rings. The van der Waals surface area contributed by atoms with Gasteiger partial charge in [0, 0.05) is 17.9 Å². The van der Waals surface area contributed by atoms with Crippen molar-refractivity contribution in [3.8, 4) is 0 Å². The summed E-state index contributed by atoms with van der Waals surface area (Å²) in [5.41, 5.74) is 1.47. The van der Waals surface area contributed by atoms with Crippen molar-refractivity contribution in [3.05, 3.63) is 17.7 Å². The molecular formula is C13H21N3. The quantitative estimate of drug-likeness (QED) is 0.783. The second-order valence-corrected chi connectivity index (χ2v) is 5.21. The molecule has 0 amide bonds. The van der Waals surface area contributed by atoms with Crippen LogP contribution in [0.25, 0.3) is 0 Å². The Balaban J connectivity index is 1.88. The molecule has 1 unspecified atom stereocenters. The summed E-state index contributed by atoms with van der Waals surface area (Å²) in [7, 11) is 0. The number of fused-ring (bicyclic) bond motifs is 1. The highest BCUT2D eigenvalue weighted by atomic mass is 15.1. The average Bonchev–Trinajstić information content (AvgIpc) is 2.73. The lowest BCUT2D eigenvalue weighted by molar-refractivity contribution is 0.224. The first kappa shape index (κ1) is 10.3. The van der Waals surface area contributed by atoms with Crippen molar-refractivity contribution in [1.82, 2.24) is 14.9 Å². The van der Waals surface area contributed by atoms with Gasteiger partial charge in [0.2, 0.25) is 0 Å². The van der Waals surface area contributed by atoms with Crippen LogP contribution in [0.5, 0.6) is 0 Å². The zero-order chi connectivity index (χ0) is 11.0. The zero-order valence-corrected chi connectivity index (χ0v) is 10.1. The van der Waals surface area contributed by atoms with Gasteiger partial charge in [0.15, 0.2) is 0 Å². The number of imidazole rings is 1. The van der Waals surface area contributed by atoms with Crippen LogP contribution in [-0.2, 0) is 6.42 Å². The van der Waals surface area contributed by atoms with Crippen molar-refractivity contribution >= 4 is 0 Å². The van der Waals surface area contributed by atoms with Gasteiger partial charge in [0.1, 0.15) is 5.82 Å². The predicted octanol–water partition coefficient (Wildman–Crippen LogP) is 2.07. The van der Waals surface area contributed by atoms with Crippen LogP contribution in [0.3, 0.4) is 0 Å². The van der Waals surface area contributed by atoms with Gasteiger partial charge < -0.3 is 9.88 Å². The van der Waals surface area contributed by atoms with Crippen molar-refractivity contribution in [2.24, 2.45) is 5.92 Å². The second kappa shape index (κ2) is 4.21. The molecule has 3 nitrogen and oxygen atoms in total. The highest BCUT2D eigenvalue weighted by Crippen LogP contribution is 2.36. The molecule has 0 radical (unpaired) electrons. The molecule has 0 aliphatic carbocycles. The third-order valence-corrected chi connectivity index (χ3v) is 4.25. The number of aromatic nitrogens is 2. The Morgan fingerprint density at radius 1 is 1.31 bits per heavy atom. The van der Waals surface area contributed by atoms with E-state index in [1.54, 1.807) is 0 Å². The summed E-state index contributed by atoms with van der Waals surface area (Å²) in [5.74, 6) is 2.09. The number of piperidine rings is 1. The minimum atomic E-state index is 0.730. The number of rotatable bonds is 1. The van der Waals surface area contributed by atoms with Crippen molar-refractivity contribution in [2.75, 3.05) is 13.1 Å². The maximum atomic E-state index is 4.49. The van der Waals surface area contributed by atoms with E-state index in [1.807, 2.05) is 0 Å². The summed E-state index contributed by atoms with van der Waals surface area (Å²) in [6.45, 7) is 4.55. The Hall–Kier alpha value is -0.830. The highest BCUT2D eigenvalue weighted by Gasteiger charge is 2.29. The van der Waals surface area contributed by atoms with Gasteiger partial charge in [0.25, 0.3) is 0 Å². The molecule has 1 saturated heterocycles. The van der Waals surface area contributed by atoms with Gasteiger partial charge in [-0.2, -0.15) is 0 Å². The van der Waals surface area contributed by atoms with Crippen LogP contribution in [0.15, 0.2) is 6.20 Å². The molecule has 0 spiro atoms. The maximum Gasteiger partial charge on any atom is 0.105 e. The van der Waals surface area contributed by atoms with E-state index < -0.39 is 0 Å². The number of aryl methyl sites for hydroxylation is 2. The van der Waals surface area contributed by atoms with Crippen LogP contribution in [0, 0.1) is 12.8 Å². The molecule has 16 heavy (non-hydrogen) atoms. The summed E-state index contributed by atoms with van der Waals surface area (Å²) in [6, 6.07) is 0.730. The first-order valence-corrected chi connectivity index (χ1v) is 6.59. The maximum absolute atomic E-state index is 4.49. The van der Waals surface area contributed by atoms with E-state index in [-0.39, 0.29) is 0 Å². The van der Waals surface area contributed by atoms with Crippen molar-refractivity contribution in [1.29, 1.82) is 0 Å². The molecule has 0 saturated carbocycles. The highest BCUT2D eigenvalue weighted by molar-refractivity contribution is 5.10. The van der Waals surface area contributed by atoms with E-state index in [1.165, 1.54) is 56.7 Å². The van der Waals surface area contributed by atoms with Crippen LogP contribution in [0.1, 0.15) is 43.2 Å². The molecule has 1 aromatic rings. The molecule has 3 heteroatoms. The second-order valence-electron chi connectivity index (χ2n) is 5.21. The smallest absolute Gasteiger partial charge is 0.105 e. The average molecular weight is 219 g/mol. The molecule has 1 N–H and O–H groups in total. The SMILES string of the molecule is Cc1ncc2n1C(C1CCNCC1)CCC2. The molecule has 2 aliphatic heterocycles. The van der Waals surface area contributed by atoms with Crippen molar-refractivity contribution in [2.45, 2.75) is 45.1 Å². The van der Waals surface area contributed by atoms with Gasteiger partial charge >= 0.3 is 0 Å². The monoisotopic (exact) mass is 219 g/mol. The summed E-state index contributed by atoms with van der Waals surface area (Å²) in [6.07, 6.45) is 8.68. The van der Waals surface area contributed by atoms with Crippen LogP contribution in [0.4, 0.5) is 0 Å². The van der Waals surface area contributed by atoms with Crippen LogP contribution >= 0.6 is 0 Å². The van der Waals surface area contributed by atoms with E-state index in [9.17, 15) is 0 Å². The normalized spacial score (nSPS) is 26.7. The molecule has 0 bridgehead atoms. The number of hydrogen-bond donors (Lipinski definition) is 1. The number of nitrogens with zero attached hydrogens (tertiary/aromatic N) is 2. The lowest BCUT2D eigenvalue weighted by Crippen LogP contribution is -2.34. The van der Waals surface area contributed by atoms with Gasteiger partial charge in [-0.05, 0) is 58.0 Å². The van der Waals surface area contributed by atoms with E-state index in [0.29, 0.717) is 0 Å². The summed E-state index contributed by atoms with van der Waals surface area (Å²) < 4.78 is 2.53. The molecular weight excluding hydrogens is 198 g/mol. The summed E-state index contributed by atoms with van der Waals surface area (Å²) >= 11 is 0. The van der Waals surface area contributed by atoms with Gasteiger partial charge in [0.05, 0.1) is 0 Å². The fourth-order valence-electron chi connectivity index (χ4n) is 3.44. The minimum Gasteiger partial charge on any atom is -0.329 e. The van der Waals surface area contributed by atoms with E-state index in [2.05, 4.69) is 28.0 Å². The fourth-order valence-corrected chi connectivity index (χ4v) is 3.44. The van der Waals surface area contributed by atoms with Crippen LogP contribution in [-0.4, -0.2) is 22.6 Å². The van der Waals surface area contributed by atoms with Gasteiger partial charge in [-0.25, -0.2) is 4.98 Å². The summed E-state index contributed by atoms with van der Waals surface area (Å²) in [5, 5.41) is 3.46. The van der Waals surface area contributed by atoms with E-state index in [4.69, 9.17) is 0 Å². The Bertz CT molecular complexity index is 363.